The van der Waals surface area contributed by atoms with E-state index in [4.69, 9.17) is 0 Å². The van der Waals surface area contributed by atoms with Gasteiger partial charge in [-0.25, -0.2) is 8.42 Å². The molecular formula is C18H22N2O3S2. The van der Waals surface area contributed by atoms with Crippen molar-refractivity contribution in [1.82, 2.24) is 10.2 Å². The van der Waals surface area contributed by atoms with Crippen molar-refractivity contribution in [1.29, 1.82) is 0 Å². The highest BCUT2D eigenvalue weighted by Gasteiger charge is 2.17. The number of benzene rings is 1. The summed E-state index contributed by atoms with van der Waals surface area (Å²) in [5.41, 5.74) is 2.64. The number of carbonyl (C=O) groups is 1. The Morgan fingerprint density at radius 3 is 2.84 bits per heavy atom. The third-order valence-corrected chi connectivity index (χ3v) is 6.54. The van der Waals surface area contributed by atoms with Gasteiger partial charge in [0.2, 0.25) is 0 Å². The van der Waals surface area contributed by atoms with Crippen LogP contribution in [0.3, 0.4) is 0 Å². The van der Waals surface area contributed by atoms with Crippen LogP contribution in [0.4, 0.5) is 0 Å². The summed E-state index contributed by atoms with van der Waals surface area (Å²) in [7, 11) is -3.26. The zero-order valence-corrected chi connectivity index (χ0v) is 16.0. The van der Waals surface area contributed by atoms with Crippen molar-refractivity contribution in [3.05, 3.63) is 51.2 Å². The predicted molar refractivity (Wildman–Crippen MR) is 99.9 cm³/mol. The molecule has 1 aromatic heterocycles. The Bertz CT molecular complexity index is 887. The quantitative estimate of drug-likeness (QED) is 0.867. The van der Waals surface area contributed by atoms with E-state index in [0.29, 0.717) is 17.7 Å². The Kier molecular flexibility index (Phi) is 5.27. The highest BCUT2D eigenvalue weighted by Crippen LogP contribution is 2.23. The van der Waals surface area contributed by atoms with Crippen molar-refractivity contribution in [2.45, 2.75) is 24.8 Å². The summed E-state index contributed by atoms with van der Waals surface area (Å²) >= 11 is 1.79. The van der Waals surface area contributed by atoms with Gasteiger partial charge in [-0.05, 0) is 54.1 Å². The number of nitrogens with one attached hydrogen (secondary N) is 1. The normalized spacial score (nSPS) is 15.0. The van der Waals surface area contributed by atoms with Crippen molar-refractivity contribution in [3.63, 3.8) is 0 Å². The fourth-order valence-electron chi connectivity index (χ4n) is 3.02. The monoisotopic (exact) mass is 378 g/mol. The van der Waals surface area contributed by atoms with E-state index in [-0.39, 0.29) is 10.8 Å². The summed E-state index contributed by atoms with van der Waals surface area (Å²) in [5.74, 6) is -0.161. The first-order chi connectivity index (χ1) is 11.8. The SMILES string of the molecule is Cc1cc(S(C)(=O)=O)ccc1C(=O)NCCN1CCc2ccsc2C1. The topological polar surface area (TPSA) is 66.5 Å². The van der Waals surface area contributed by atoms with Gasteiger partial charge in [0.05, 0.1) is 4.90 Å². The number of amides is 1. The van der Waals surface area contributed by atoms with Crippen LogP contribution >= 0.6 is 11.3 Å². The third-order valence-electron chi connectivity index (χ3n) is 4.49. The summed E-state index contributed by atoms with van der Waals surface area (Å²) < 4.78 is 23.2. The zero-order valence-electron chi connectivity index (χ0n) is 14.4. The molecule has 7 heteroatoms. The second-order valence-corrected chi connectivity index (χ2v) is 9.42. The Balaban J connectivity index is 1.55. The molecule has 1 N–H and O–H groups in total. The standard InChI is InChI=1S/C18H22N2O3S2/c1-13-11-15(25(2,22)23)3-4-16(13)18(21)19-7-9-20-8-5-14-6-10-24-17(14)12-20/h3-4,6,10-11H,5,7-9,12H2,1-2H3,(H,19,21). The van der Waals surface area contributed by atoms with Gasteiger partial charge < -0.3 is 5.32 Å². The van der Waals surface area contributed by atoms with Crippen LogP contribution in [-0.2, 0) is 22.8 Å². The number of hydrogen-bond donors (Lipinski definition) is 1. The number of sulfone groups is 1. The lowest BCUT2D eigenvalue weighted by Crippen LogP contribution is -2.37. The molecule has 3 rings (SSSR count). The molecule has 0 spiro atoms. The molecule has 1 aliphatic heterocycles. The smallest absolute Gasteiger partial charge is 0.251 e. The van der Waals surface area contributed by atoms with Crippen LogP contribution in [0.15, 0.2) is 34.5 Å². The molecule has 0 atom stereocenters. The summed E-state index contributed by atoms with van der Waals surface area (Å²) in [6.07, 6.45) is 2.23. The Morgan fingerprint density at radius 2 is 2.12 bits per heavy atom. The summed E-state index contributed by atoms with van der Waals surface area (Å²) in [4.78, 5) is 16.4. The molecule has 25 heavy (non-hydrogen) atoms. The first-order valence-corrected chi connectivity index (χ1v) is 11.0. The molecule has 0 saturated carbocycles. The minimum Gasteiger partial charge on any atom is -0.351 e. The maximum absolute atomic E-state index is 12.3. The van der Waals surface area contributed by atoms with Gasteiger partial charge in [0.15, 0.2) is 9.84 Å². The number of aryl methyl sites for hydroxylation is 1. The molecule has 0 saturated heterocycles. The minimum atomic E-state index is -3.26. The van der Waals surface area contributed by atoms with Crippen molar-refractivity contribution < 1.29 is 13.2 Å². The molecule has 134 valence electrons. The first-order valence-electron chi connectivity index (χ1n) is 8.21. The maximum atomic E-state index is 12.3. The largest absolute Gasteiger partial charge is 0.351 e. The van der Waals surface area contributed by atoms with E-state index in [2.05, 4.69) is 21.7 Å². The minimum absolute atomic E-state index is 0.161. The molecule has 0 unspecified atom stereocenters. The number of thiophene rings is 1. The van der Waals surface area contributed by atoms with E-state index < -0.39 is 9.84 Å². The lowest BCUT2D eigenvalue weighted by Gasteiger charge is -2.26. The van der Waals surface area contributed by atoms with Gasteiger partial charge in [0.1, 0.15) is 0 Å². The first kappa shape index (κ1) is 18.1. The number of carbonyl (C=O) groups excluding carboxylic acids is 1. The van der Waals surface area contributed by atoms with Crippen molar-refractivity contribution in [3.8, 4) is 0 Å². The van der Waals surface area contributed by atoms with Gasteiger partial charge in [-0.3, -0.25) is 9.69 Å². The average Bonchev–Trinajstić information content (AvgIpc) is 3.01. The summed E-state index contributed by atoms with van der Waals surface area (Å²) in [5, 5.41) is 5.07. The molecular weight excluding hydrogens is 356 g/mol. The van der Waals surface area contributed by atoms with Gasteiger partial charge in [0, 0.05) is 42.9 Å². The molecule has 2 aromatic rings. The van der Waals surface area contributed by atoms with E-state index in [1.165, 1.54) is 22.8 Å². The fourth-order valence-corrected chi connectivity index (χ4v) is 4.71. The molecule has 5 nitrogen and oxygen atoms in total. The summed E-state index contributed by atoms with van der Waals surface area (Å²) in [6, 6.07) is 6.81. The number of nitrogens with zero attached hydrogens (tertiary/aromatic N) is 1. The lowest BCUT2D eigenvalue weighted by molar-refractivity contribution is 0.0946. The van der Waals surface area contributed by atoms with Crippen molar-refractivity contribution in [2.24, 2.45) is 0 Å². The van der Waals surface area contributed by atoms with Crippen LogP contribution < -0.4 is 5.32 Å². The van der Waals surface area contributed by atoms with Crippen molar-refractivity contribution >= 4 is 27.1 Å². The van der Waals surface area contributed by atoms with Crippen LogP contribution in [0.2, 0.25) is 0 Å². The Morgan fingerprint density at radius 1 is 1.32 bits per heavy atom. The van der Waals surface area contributed by atoms with E-state index in [9.17, 15) is 13.2 Å². The van der Waals surface area contributed by atoms with E-state index in [1.807, 2.05) is 0 Å². The van der Waals surface area contributed by atoms with Gasteiger partial charge in [0.25, 0.3) is 5.91 Å². The van der Waals surface area contributed by atoms with Crippen LogP contribution in [0, 0.1) is 6.92 Å². The average molecular weight is 379 g/mol. The second-order valence-electron chi connectivity index (χ2n) is 6.40. The van der Waals surface area contributed by atoms with Crippen LogP contribution in [-0.4, -0.2) is 45.1 Å². The highest BCUT2D eigenvalue weighted by molar-refractivity contribution is 7.90. The van der Waals surface area contributed by atoms with Crippen LogP contribution in [0.25, 0.3) is 0 Å². The molecule has 1 aromatic carbocycles. The molecule has 0 aliphatic carbocycles. The third kappa shape index (κ3) is 4.29. The van der Waals surface area contributed by atoms with E-state index >= 15 is 0 Å². The number of rotatable bonds is 5. The van der Waals surface area contributed by atoms with Crippen LogP contribution in [0.1, 0.15) is 26.4 Å². The predicted octanol–water partition coefficient (Wildman–Crippen LogP) is 2.25. The van der Waals surface area contributed by atoms with Crippen LogP contribution in [0.5, 0.6) is 0 Å². The molecule has 0 bridgehead atoms. The summed E-state index contributed by atoms with van der Waals surface area (Å²) in [6.45, 7) is 5.11. The lowest BCUT2D eigenvalue weighted by atomic mass is 10.1. The van der Waals surface area contributed by atoms with Gasteiger partial charge in [-0.15, -0.1) is 11.3 Å². The number of fused-ring (bicyclic) bond motifs is 1. The fraction of sp³-hybridized carbons (Fsp3) is 0.389. The van der Waals surface area contributed by atoms with E-state index in [0.717, 1.165) is 26.1 Å². The second kappa shape index (κ2) is 7.27. The molecule has 1 aliphatic rings. The Hall–Kier alpha value is -1.70. The van der Waals surface area contributed by atoms with Gasteiger partial charge in [-0.1, -0.05) is 0 Å². The van der Waals surface area contributed by atoms with Gasteiger partial charge in [-0.2, -0.15) is 0 Å². The molecule has 2 heterocycles. The highest BCUT2D eigenvalue weighted by atomic mass is 32.2. The van der Waals surface area contributed by atoms with E-state index in [1.54, 1.807) is 30.4 Å². The Labute approximate surface area is 152 Å². The number of hydrogen-bond acceptors (Lipinski definition) is 5. The molecule has 0 radical (unpaired) electrons. The molecule has 0 fully saturated rings. The van der Waals surface area contributed by atoms with Gasteiger partial charge >= 0.3 is 0 Å². The molecule has 1 amide bonds. The van der Waals surface area contributed by atoms with Crippen molar-refractivity contribution in [2.75, 3.05) is 25.9 Å². The zero-order chi connectivity index (χ0) is 18.0. The maximum Gasteiger partial charge on any atom is 0.251 e.